The number of ketones is 1. The van der Waals surface area contributed by atoms with Crippen molar-refractivity contribution in [1.82, 2.24) is 20.5 Å². The van der Waals surface area contributed by atoms with Crippen molar-refractivity contribution in [2.45, 2.75) is 70.0 Å². The SMILES string of the molecule is CCC(=O)C(CC1C(=O)NC2CCC21)NC(=O)C1C2CCCC2CN1C(=O)c1cc2c(OC)cccc2[nH]1. The van der Waals surface area contributed by atoms with Gasteiger partial charge in [-0.25, -0.2) is 0 Å². The van der Waals surface area contributed by atoms with Gasteiger partial charge in [0.1, 0.15) is 17.5 Å². The maximum absolute atomic E-state index is 13.9. The third-order valence-corrected chi connectivity index (χ3v) is 9.55. The second-order valence-corrected chi connectivity index (χ2v) is 11.4. The molecule has 4 fully saturated rings. The topological polar surface area (TPSA) is 121 Å². The first-order valence-corrected chi connectivity index (χ1v) is 14.0. The number of likely N-dealkylation sites (tertiary alicyclic amines) is 1. The number of nitrogens with zero attached hydrogens (tertiary/aromatic N) is 1. The fraction of sp³-hybridized carbons (Fsp3) is 0.586. The zero-order valence-electron chi connectivity index (χ0n) is 22.0. The van der Waals surface area contributed by atoms with E-state index in [0.717, 1.165) is 43.0 Å². The summed E-state index contributed by atoms with van der Waals surface area (Å²) in [6.45, 7) is 2.31. The monoisotopic (exact) mass is 520 g/mol. The zero-order chi connectivity index (χ0) is 26.6. The molecule has 4 aliphatic rings. The molecule has 2 saturated heterocycles. The summed E-state index contributed by atoms with van der Waals surface area (Å²) < 4.78 is 5.45. The number of hydrogen-bond acceptors (Lipinski definition) is 5. The van der Waals surface area contributed by atoms with Crippen LogP contribution in [0.3, 0.4) is 0 Å². The Hall–Kier alpha value is -3.36. The lowest BCUT2D eigenvalue weighted by Gasteiger charge is -2.33. The molecule has 2 saturated carbocycles. The number of carbonyl (C=O) groups excluding carboxylic acids is 4. The maximum atomic E-state index is 13.9. The van der Waals surface area contributed by atoms with E-state index in [1.54, 1.807) is 25.0 Å². The lowest BCUT2D eigenvalue weighted by atomic mass is 9.73. The predicted octanol–water partition coefficient (Wildman–Crippen LogP) is 2.80. The number of Topliss-reactive ketones (excluding diaryl/α,β-unsaturated/α-hetero) is 1. The van der Waals surface area contributed by atoms with Crippen molar-refractivity contribution in [1.29, 1.82) is 0 Å². The number of carbonyl (C=O) groups is 4. The third-order valence-electron chi connectivity index (χ3n) is 9.55. The molecule has 2 aliphatic heterocycles. The average Bonchev–Trinajstić information content (AvgIpc) is 3.66. The Bertz CT molecular complexity index is 1290. The molecule has 7 atom stereocenters. The number of fused-ring (bicyclic) bond motifs is 3. The summed E-state index contributed by atoms with van der Waals surface area (Å²) in [5.41, 5.74) is 1.22. The normalized spacial score (nSPS) is 30.4. The highest BCUT2D eigenvalue weighted by molar-refractivity contribution is 6.02. The molecule has 2 aliphatic carbocycles. The first-order valence-electron chi connectivity index (χ1n) is 14.0. The second kappa shape index (κ2) is 9.75. The van der Waals surface area contributed by atoms with Gasteiger partial charge in [0.15, 0.2) is 5.78 Å². The lowest BCUT2D eigenvalue weighted by molar-refractivity contribution is -0.132. The van der Waals surface area contributed by atoms with Gasteiger partial charge in [-0.2, -0.15) is 0 Å². The average molecular weight is 521 g/mol. The van der Waals surface area contributed by atoms with Gasteiger partial charge in [0.25, 0.3) is 5.91 Å². The minimum atomic E-state index is -0.725. The van der Waals surface area contributed by atoms with Crippen LogP contribution in [-0.2, 0) is 14.4 Å². The minimum absolute atomic E-state index is 0.0107. The van der Waals surface area contributed by atoms with Crippen molar-refractivity contribution in [3.05, 3.63) is 30.0 Å². The molecule has 7 unspecified atom stereocenters. The summed E-state index contributed by atoms with van der Waals surface area (Å²) >= 11 is 0. The molecule has 9 heteroatoms. The van der Waals surface area contributed by atoms with Gasteiger partial charge >= 0.3 is 0 Å². The van der Waals surface area contributed by atoms with E-state index < -0.39 is 12.1 Å². The van der Waals surface area contributed by atoms with Crippen molar-refractivity contribution >= 4 is 34.4 Å². The van der Waals surface area contributed by atoms with Crippen LogP contribution in [0.15, 0.2) is 24.3 Å². The molecule has 3 N–H and O–H groups in total. The van der Waals surface area contributed by atoms with Gasteiger partial charge in [-0.1, -0.05) is 19.4 Å². The molecule has 3 amide bonds. The number of methoxy groups -OCH3 is 1. The lowest BCUT2D eigenvalue weighted by Crippen LogP contribution is -2.53. The van der Waals surface area contributed by atoms with Crippen LogP contribution in [0.2, 0.25) is 0 Å². The van der Waals surface area contributed by atoms with E-state index in [1.807, 2.05) is 18.2 Å². The summed E-state index contributed by atoms with van der Waals surface area (Å²) in [6, 6.07) is 6.24. The van der Waals surface area contributed by atoms with Gasteiger partial charge in [-0.3, -0.25) is 19.2 Å². The van der Waals surface area contributed by atoms with Crippen LogP contribution in [0.25, 0.3) is 10.9 Å². The highest BCUT2D eigenvalue weighted by Crippen LogP contribution is 2.44. The summed E-state index contributed by atoms with van der Waals surface area (Å²) in [6.07, 6.45) is 5.46. The number of benzene rings is 1. The molecule has 1 aromatic carbocycles. The summed E-state index contributed by atoms with van der Waals surface area (Å²) in [5.74, 6) is 0.424. The van der Waals surface area contributed by atoms with Gasteiger partial charge < -0.3 is 25.3 Å². The highest BCUT2D eigenvalue weighted by Gasteiger charge is 2.51. The number of rotatable bonds is 8. The van der Waals surface area contributed by atoms with Crippen molar-refractivity contribution in [2.75, 3.05) is 13.7 Å². The number of hydrogen-bond donors (Lipinski definition) is 3. The largest absolute Gasteiger partial charge is 0.496 e. The predicted molar refractivity (Wildman–Crippen MR) is 140 cm³/mol. The summed E-state index contributed by atoms with van der Waals surface area (Å²) in [7, 11) is 1.60. The van der Waals surface area contributed by atoms with E-state index in [-0.39, 0.29) is 59.6 Å². The van der Waals surface area contributed by atoms with E-state index in [9.17, 15) is 19.2 Å². The number of amides is 3. The van der Waals surface area contributed by atoms with Gasteiger partial charge in [-0.15, -0.1) is 0 Å². The molecule has 6 rings (SSSR count). The van der Waals surface area contributed by atoms with Crippen molar-refractivity contribution in [2.24, 2.45) is 23.7 Å². The Morgan fingerprint density at radius 2 is 2.00 bits per heavy atom. The fourth-order valence-electron chi connectivity index (χ4n) is 7.41. The summed E-state index contributed by atoms with van der Waals surface area (Å²) in [5, 5.41) is 6.87. The fourth-order valence-corrected chi connectivity index (χ4v) is 7.41. The number of H-pyrrole nitrogens is 1. The van der Waals surface area contributed by atoms with Crippen LogP contribution >= 0.6 is 0 Å². The Balaban J connectivity index is 1.24. The van der Waals surface area contributed by atoms with Gasteiger partial charge in [0, 0.05) is 35.8 Å². The van der Waals surface area contributed by atoms with Crippen LogP contribution < -0.4 is 15.4 Å². The molecule has 1 aromatic heterocycles. The van der Waals surface area contributed by atoms with Crippen molar-refractivity contribution in [3.63, 3.8) is 0 Å². The number of ether oxygens (including phenoxy) is 1. The Morgan fingerprint density at radius 3 is 2.71 bits per heavy atom. The second-order valence-electron chi connectivity index (χ2n) is 11.4. The van der Waals surface area contributed by atoms with E-state index in [2.05, 4.69) is 15.6 Å². The number of aromatic amines is 1. The molecule has 0 spiro atoms. The molecular weight excluding hydrogens is 484 g/mol. The molecule has 9 nitrogen and oxygen atoms in total. The molecule has 3 heterocycles. The van der Waals surface area contributed by atoms with Crippen LogP contribution in [0.5, 0.6) is 5.75 Å². The smallest absolute Gasteiger partial charge is 0.271 e. The van der Waals surface area contributed by atoms with Crippen molar-refractivity contribution in [3.8, 4) is 5.75 Å². The quantitative estimate of drug-likeness (QED) is 0.494. The molecule has 0 radical (unpaired) electrons. The van der Waals surface area contributed by atoms with E-state index in [0.29, 0.717) is 24.4 Å². The molecule has 0 bridgehead atoms. The summed E-state index contributed by atoms with van der Waals surface area (Å²) in [4.78, 5) is 58.1. The van der Waals surface area contributed by atoms with Gasteiger partial charge in [0.2, 0.25) is 11.8 Å². The molecule has 2 aromatic rings. The number of aromatic nitrogens is 1. The van der Waals surface area contributed by atoms with Crippen LogP contribution in [-0.4, -0.2) is 65.2 Å². The Morgan fingerprint density at radius 1 is 1.16 bits per heavy atom. The highest BCUT2D eigenvalue weighted by atomic mass is 16.5. The van der Waals surface area contributed by atoms with Crippen molar-refractivity contribution < 1.29 is 23.9 Å². The van der Waals surface area contributed by atoms with Gasteiger partial charge in [-0.05, 0) is 68.1 Å². The van der Waals surface area contributed by atoms with Gasteiger partial charge in [0.05, 0.1) is 13.2 Å². The molecule has 38 heavy (non-hydrogen) atoms. The zero-order valence-corrected chi connectivity index (χ0v) is 22.0. The van der Waals surface area contributed by atoms with E-state index in [4.69, 9.17) is 4.74 Å². The molecular formula is C29H36N4O5. The minimum Gasteiger partial charge on any atom is -0.496 e. The first-order chi connectivity index (χ1) is 18.4. The third kappa shape index (κ3) is 4.07. The Kier molecular flexibility index (Phi) is 6.40. The number of nitrogens with one attached hydrogen (secondary N) is 3. The molecule has 202 valence electrons. The van der Waals surface area contributed by atoms with Crippen LogP contribution in [0.4, 0.5) is 0 Å². The van der Waals surface area contributed by atoms with E-state index >= 15 is 0 Å². The maximum Gasteiger partial charge on any atom is 0.271 e. The Labute approximate surface area is 222 Å². The van der Waals surface area contributed by atoms with Crippen LogP contribution in [0, 0.1) is 23.7 Å². The van der Waals surface area contributed by atoms with Crippen LogP contribution in [0.1, 0.15) is 62.4 Å². The van der Waals surface area contributed by atoms with E-state index in [1.165, 1.54) is 0 Å². The standard InChI is InChI=1S/C29H36N4O5/c1-3-24(34)22(12-18-17-10-11-21(17)31-27(18)35)32-28(36)26-16-7-4-6-15(16)14-33(26)29(37)23-13-19-20(30-23)8-5-9-25(19)38-2/h5,8-9,13,15-18,21-22,26,30H,3-4,6-7,10-12,14H2,1-2H3,(H,31,35)(H,32,36). The first kappa shape index (κ1) is 24.9.